The first kappa shape index (κ1) is 13.3. The van der Waals surface area contributed by atoms with Crippen LogP contribution in [0.1, 0.15) is 26.6 Å². The summed E-state index contributed by atoms with van der Waals surface area (Å²) in [5.41, 5.74) is -0.290. The molecule has 0 aromatic carbocycles. The molecule has 1 aromatic heterocycles. The van der Waals surface area contributed by atoms with E-state index in [0.29, 0.717) is 0 Å². The van der Waals surface area contributed by atoms with Crippen LogP contribution in [0.3, 0.4) is 0 Å². The molecule has 1 aromatic rings. The quantitative estimate of drug-likeness (QED) is 0.775. The highest BCUT2D eigenvalue weighted by molar-refractivity contribution is 7.09. The van der Waals surface area contributed by atoms with Crippen LogP contribution in [-0.4, -0.2) is 46.3 Å². The van der Waals surface area contributed by atoms with Gasteiger partial charge in [-0.15, -0.1) is 0 Å². The summed E-state index contributed by atoms with van der Waals surface area (Å²) in [6, 6.07) is 0. The first-order valence-electron chi connectivity index (χ1n) is 6.22. The van der Waals surface area contributed by atoms with E-state index in [2.05, 4.69) is 14.3 Å². The minimum absolute atomic E-state index is 0.232. The number of carbonyl (C=O) groups is 1. The lowest BCUT2D eigenvalue weighted by Gasteiger charge is -2.37. The standard InChI is InChI=1S/C12H20N4OS/c1-9-13-11(18-14-9)16-7-5-15(6-8-16)10(17)12(2,3)4/h5-8H2,1-4H3. The minimum atomic E-state index is -0.290. The third-order valence-corrected chi connectivity index (χ3v) is 3.86. The molecule has 0 radical (unpaired) electrons. The van der Waals surface area contributed by atoms with Crippen LogP contribution in [0.4, 0.5) is 5.13 Å². The van der Waals surface area contributed by atoms with E-state index in [9.17, 15) is 4.79 Å². The lowest BCUT2D eigenvalue weighted by molar-refractivity contribution is -0.139. The zero-order valence-electron chi connectivity index (χ0n) is 11.4. The second kappa shape index (κ2) is 4.84. The van der Waals surface area contributed by atoms with Gasteiger partial charge in [0.05, 0.1) is 0 Å². The van der Waals surface area contributed by atoms with E-state index >= 15 is 0 Å². The third kappa shape index (κ3) is 2.80. The second-order valence-corrected chi connectivity index (χ2v) is 6.38. The van der Waals surface area contributed by atoms with Crippen molar-refractivity contribution in [2.24, 2.45) is 5.41 Å². The molecule has 6 heteroatoms. The number of aromatic nitrogens is 2. The van der Waals surface area contributed by atoms with Gasteiger partial charge in [-0.2, -0.15) is 4.37 Å². The van der Waals surface area contributed by atoms with Crippen molar-refractivity contribution < 1.29 is 4.79 Å². The molecule has 0 bridgehead atoms. The first-order valence-corrected chi connectivity index (χ1v) is 7.00. The lowest BCUT2D eigenvalue weighted by atomic mass is 9.94. The maximum atomic E-state index is 12.1. The molecule has 1 saturated heterocycles. The van der Waals surface area contributed by atoms with Crippen molar-refractivity contribution in [2.45, 2.75) is 27.7 Å². The summed E-state index contributed by atoms with van der Waals surface area (Å²) in [6.45, 7) is 11.0. The van der Waals surface area contributed by atoms with E-state index in [-0.39, 0.29) is 11.3 Å². The molecule has 0 unspecified atom stereocenters. The Bertz CT molecular complexity index is 430. The lowest BCUT2D eigenvalue weighted by Crippen LogP contribution is -2.51. The maximum Gasteiger partial charge on any atom is 0.228 e. The van der Waals surface area contributed by atoms with Crippen LogP contribution in [-0.2, 0) is 4.79 Å². The zero-order chi connectivity index (χ0) is 13.3. The molecule has 0 atom stereocenters. The summed E-state index contributed by atoms with van der Waals surface area (Å²) >= 11 is 1.43. The fourth-order valence-corrected chi connectivity index (χ4v) is 2.72. The molecule has 2 rings (SSSR count). The Morgan fingerprint density at radius 3 is 2.28 bits per heavy atom. The van der Waals surface area contributed by atoms with E-state index in [1.54, 1.807) is 0 Å². The molecule has 0 aliphatic carbocycles. The third-order valence-electron chi connectivity index (χ3n) is 3.00. The van der Waals surface area contributed by atoms with Gasteiger partial charge < -0.3 is 9.80 Å². The van der Waals surface area contributed by atoms with Gasteiger partial charge in [-0.05, 0) is 6.92 Å². The van der Waals surface area contributed by atoms with Crippen molar-refractivity contribution in [3.8, 4) is 0 Å². The van der Waals surface area contributed by atoms with Gasteiger partial charge in [0.1, 0.15) is 5.82 Å². The van der Waals surface area contributed by atoms with Crippen LogP contribution in [0.25, 0.3) is 0 Å². The van der Waals surface area contributed by atoms with Crippen molar-refractivity contribution in [3.63, 3.8) is 0 Å². The topological polar surface area (TPSA) is 49.3 Å². The predicted octanol–water partition coefficient (Wildman–Crippen LogP) is 1.54. The number of amides is 1. The minimum Gasteiger partial charge on any atom is -0.343 e. The fourth-order valence-electron chi connectivity index (χ4n) is 1.99. The van der Waals surface area contributed by atoms with Crippen LogP contribution in [0.15, 0.2) is 0 Å². The van der Waals surface area contributed by atoms with E-state index in [1.807, 2.05) is 32.6 Å². The Labute approximate surface area is 112 Å². The van der Waals surface area contributed by atoms with Gasteiger partial charge in [-0.3, -0.25) is 4.79 Å². The van der Waals surface area contributed by atoms with E-state index in [4.69, 9.17) is 0 Å². The number of rotatable bonds is 1. The molecule has 18 heavy (non-hydrogen) atoms. The fraction of sp³-hybridized carbons (Fsp3) is 0.750. The van der Waals surface area contributed by atoms with Crippen molar-refractivity contribution in [3.05, 3.63) is 5.82 Å². The van der Waals surface area contributed by atoms with Crippen molar-refractivity contribution in [2.75, 3.05) is 31.1 Å². The van der Waals surface area contributed by atoms with Crippen LogP contribution in [0.2, 0.25) is 0 Å². The van der Waals surface area contributed by atoms with Crippen LogP contribution < -0.4 is 4.90 Å². The monoisotopic (exact) mass is 268 g/mol. The molecule has 1 aliphatic rings. The average Bonchev–Trinajstić information content (AvgIpc) is 2.74. The number of hydrogen-bond donors (Lipinski definition) is 0. The largest absolute Gasteiger partial charge is 0.343 e. The van der Waals surface area contributed by atoms with Crippen molar-refractivity contribution >= 4 is 22.6 Å². The highest BCUT2D eigenvalue weighted by atomic mass is 32.1. The molecular formula is C12H20N4OS. The molecule has 1 fully saturated rings. The van der Waals surface area contributed by atoms with Crippen LogP contribution in [0, 0.1) is 12.3 Å². The summed E-state index contributed by atoms with van der Waals surface area (Å²) < 4.78 is 4.19. The Kier molecular flexibility index (Phi) is 3.56. The van der Waals surface area contributed by atoms with Crippen LogP contribution >= 0.6 is 11.5 Å². The molecule has 100 valence electrons. The highest BCUT2D eigenvalue weighted by Crippen LogP contribution is 2.22. The summed E-state index contributed by atoms with van der Waals surface area (Å²) in [4.78, 5) is 20.7. The predicted molar refractivity (Wildman–Crippen MR) is 72.9 cm³/mol. The smallest absolute Gasteiger partial charge is 0.228 e. The average molecular weight is 268 g/mol. The molecule has 0 N–H and O–H groups in total. The van der Waals surface area contributed by atoms with Crippen molar-refractivity contribution in [1.82, 2.24) is 14.3 Å². The zero-order valence-corrected chi connectivity index (χ0v) is 12.3. The molecule has 1 amide bonds. The van der Waals surface area contributed by atoms with Gasteiger partial charge in [0.2, 0.25) is 11.0 Å². The SMILES string of the molecule is Cc1nsc(N2CCN(C(=O)C(C)(C)C)CC2)n1. The summed E-state index contributed by atoms with van der Waals surface area (Å²) in [5.74, 6) is 1.05. The Hall–Kier alpha value is -1.17. The summed E-state index contributed by atoms with van der Waals surface area (Å²) in [7, 11) is 0. The Balaban J connectivity index is 1.94. The maximum absolute atomic E-state index is 12.1. The Morgan fingerprint density at radius 1 is 1.22 bits per heavy atom. The second-order valence-electron chi connectivity index (χ2n) is 5.65. The van der Waals surface area contributed by atoms with E-state index in [0.717, 1.165) is 37.1 Å². The number of hydrogen-bond acceptors (Lipinski definition) is 5. The number of piperazine rings is 1. The van der Waals surface area contributed by atoms with E-state index in [1.165, 1.54) is 11.5 Å². The molecule has 2 heterocycles. The number of carbonyl (C=O) groups excluding carboxylic acids is 1. The number of aryl methyl sites for hydroxylation is 1. The summed E-state index contributed by atoms with van der Waals surface area (Å²) in [5, 5.41) is 0.968. The van der Waals surface area contributed by atoms with Gasteiger partial charge in [0.25, 0.3) is 0 Å². The molecule has 0 spiro atoms. The number of nitrogens with zero attached hydrogens (tertiary/aromatic N) is 4. The summed E-state index contributed by atoms with van der Waals surface area (Å²) in [6.07, 6.45) is 0. The molecular weight excluding hydrogens is 248 g/mol. The number of anilines is 1. The Morgan fingerprint density at radius 2 is 1.83 bits per heavy atom. The van der Waals surface area contributed by atoms with Gasteiger partial charge in [-0.25, -0.2) is 4.98 Å². The normalized spacial score (nSPS) is 17.1. The van der Waals surface area contributed by atoms with Crippen molar-refractivity contribution in [1.29, 1.82) is 0 Å². The van der Waals surface area contributed by atoms with Gasteiger partial charge >= 0.3 is 0 Å². The van der Waals surface area contributed by atoms with Gasteiger partial charge in [0, 0.05) is 43.1 Å². The van der Waals surface area contributed by atoms with Crippen LogP contribution in [0.5, 0.6) is 0 Å². The first-order chi connectivity index (χ1) is 8.38. The van der Waals surface area contributed by atoms with E-state index < -0.39 is 0 Å². The molecule has 0 saturated carbocycles. The van der Waals surface area contributed by atoms with Gasteiger partial charge in [0.15, 0.2) is 0 Å². The molecule has 1 aliphatic heterocycles. The highest BCUT2D eigenvalue weighted by Gasteiger charge is 2.30. The molecule has 5 nitrogen and oxygen atoms in total. The van der Waals surface area contributed by atoms with Gasteiger partial charge in [-0.1, -0.05) is 20.8 Å².